The van der Waals surface area contributed by atoms with Crippen LogP contribution in [0.25, 0.3) is 0 Å². The van der Waals surface area contributed by atoms with Crippen LogP contribution in [-0.2, 0) is 26.6 Å². The van der Waals surface area contributed by atoms with E-state index in [9.17, 15) is 27.2 Å². The second kappa shape index (κ2) is 9.52. The maximum Gasteiger partial charge on any atom is 0.429 e. The number of ether oxygens (including phenoxy) is 1. The summed E-state index contributed by atoms with van der Waals surface area (Å²) in [5, 5.41) is 2.78. The van der Waals surface area contributed by atoms with Gasteiger partial charge in [0.1, 0.15) is 29.2 Å². The van der Waals surface area contributed by atoms with E-state index >= 15 is 0 Å². The number of halogens is 2. The Morgan fingerprint density at radius 2 is 1.94 bits per heavy atom. The molecule has 190 valence electrons. The second-order valence-corrected chi connectivity index (χ2v) is 12.9. The molecule has 35 heavy (non-hydrogen) atoms. The number of rotatable bonds is 7. The Labute approximate surface area is 216 Å². The summed E-state index contributed by atoms with van der Waals surface area (Å²) in [6.45, 7) is 6.22. The number of nitrogens with one attached hydrogen (secondary N) is 1. The Hall–Kier alpha value is -2.48. The van der Waals surface area contributed by atoms with Gasteiger partial charge in [-0.1, -0.05) is 0 Å². The highest BCUT2D eigenvalue weighted by Crippen LogP contribution is 2.49. The molecule has 0 bridgehead atoms. The number of aromatic nitrogens is 1. The highest BCUT2D eigenvalue weighted by Gasteiger charge is 2.59. The molecule has 1 aromatic carbocycles. The molecule has 1 heterocycles. The molecule has 12 heteroatoms. The van der Waals surface area contributed by atoms with Gasteiger partial charge in [-0.2, -0.15) is 4.31 Å². The standard InChI is InChI=1S/C23H27FIN3O6S/c1-14-12-18(19(27(5)20(14)30)26-17-7-6-15(25)13-16(17)24)28(21(31)34-22(2,3)4)35(32,33)23(8-9-23)10-11-29/h6-7,11-13,26H,8-10H2,1-5H3. The normalized spacial score (nSPS) is 14.8. The van der Waals surface area contributed by atoms with Gasteiger partial charge in [0.05, 0.1) is 10.4 Å². The zero-order valence-electron chi connectivity index (χ0n) is 20.0. The van der Waals surface area contributed by atoms with Crippen molar-refractivity contribution in [2.24, 2.45) is 7.05 Å². The average Bonchev–Trinajstić information content (AvgIpc) is 3.51. The smallest absolute Gasteiger partial charge is 0.429 e. The van der Waals surface area contributed by atoms with Crippen molar-refractivity contribution in [3.05, 3.63) is 49.6 Å². The lowest BCUT2D eigenvalue weighted by atomic mass is 10.2. The summed E-state index contributed by atoms with van der Waals surface area (Å²) in [6, 6.07) is 5.57. The van der Waals surface area contributed by atoms with E-state index in [4.69, 9.17) is 4.74 Å². The van der Waals surface area contributed by atoms with Gasteiger partial charge < -0.3 is 14.8 Å². The molecule has 1 N–H and O–H groups in total. The largest absolute Gasteiger partial charge is 0.443 e. The summed E-state index contributed by atoms with van der Waals surface area (Å²) < 4.78 is 48.5. The molecule has 0 unspecified atom stereocenters. The van der Waals surface area contributed by atoms with E-state index in [1.54, 1.807) is 26.8 Å². The number of nitrogens with zero attached hydrogens (tertiary/aromatic N) is 2. The molecule has 0 saturated heterocycles. The van der Waals surface area contributed by atoms with Crippen LogP contribution in [0.4, 0.5) is 26.4 Å². The van der Waals surface area contributed by atoms with E-state index in [0.717, 1.165) is 4.57 Å². The summed E-state index contributed by atoms with van der Waals surface area (Å²) in [6.07, 6.45) is -0.615. The first-order valence-corrected chi connectivity index (χ1v) is 13.3. The van der Waals surface area contributed by atoms with Crippen LogP contribution in [-0.4, -0.2) is 35.7 Å². The summed E-state index contributed by atoms with van der Waals surface area (Å²) in [4.78, 5) is 37.4. The summed E-state index contributed by atoms with van der Waals surface area (Å²) in [5.74, 6) is -0.765. The lowest BCUT2D eigenvalue weighted by molar-refractivity contribution is -0.108. The van der Waals surface area contributed by atoms with Gasteiger partial charge >= 0.3 is 6.09 Å². The quantitative estimate of drug-likeness (QED) is 0.362. The maximum atomic E-state index is 14.7. The van der Waals surface area contributed by atoms with Gasteiger partial charge in [-0.05, 0) is 87.4 Å². The van der Waals surface area contributed by atoms with E-state index in [-0.39, 0.29) is 42.0 Å². The molecule has 1 saturated carbocycles. The number of hydrogen-bond donors (Lipinski definition) is 1. The fraction of sp³-hybridized carbons (Fsp3) is 0.435. The van der Waals surface area contributed by atoms with Gasteiger partial charge in [-0.25, -0.2) is 17.6 Å². The number of hydrogen-bond acceptors (Lipinski definition) is 7. The summed E-state index contributed by atoms with van der Waals surface area (Å²) in [7, 11) is -3.10. The van der Waals surface area contributed by atoms with Gasteiger partial charge in [0, 0.05) is 22.6 Å². The van der Waals surface area contributed by atoms with Crippen LogP contribution in [0, 0.1) is 16.3 Å². The van der Waals surface area contributed by atoms with Crippen LogP contribution in [0.2, 0.25) is 0 Å². The number of carbonyl (C=O) groups is 2. The molecule has 3 rings (SSSR count). The van der Waals surface area contributed by atoms with Crippen LogP contribution in [0.15, 0.2) is 29.1 Å². The zero-order chi connectivity index (χ0) is 26.3. The van der Waals surface area contributed by atoms with Gasteiger partial charge in [0.15, 0.2) is 0 Å². The number of sulfonamides is 1. The molecular weight excluding hydrogens is 592 g/mol. The zero-order valence-corrected chi connectivity index (χ0v) is 23.0. The Bertz CT molecular complexity index is 1350. The van der Waals surface area contributed by atoms with Crippen LogP contribution in [0.1, 0.15) is 45.6 Å². The Morgan fingerprint density at radius 1 is 1.31 bits per heavy atom. The molecule has 9 nitrogen and oxygen atoms in total. The van der Waals surface area contributed by atoms with E-state index in [2.05, 4.69) is 5.32 Å². The van der Waals surface area contributed by atoms with Crippen LogP contribution in [0.3, 0.4) is 0 Å². The monoisotopic (exact) mass is 619 g/mol. The van der Waals surface area contributed by atoms with Crippen LogP contribution >= 0.6 is 22.6 Å². The first-order valence-electron chi connectivity index (χ1n) is 10.8. The molecule has 1 amide bonds. The van der Waals surface area contributed by atoms with Crippen molar-refractivity contribution in [1.82, 2.24) is 4.57 Å². The van der Waals surface area contributed by atoms with Crippen molar-refractivity contribution < 1.29 is 27.1 Å². The third kappa shape index (κ3) is 5.37. The molecule has 2 aromatic rings. The fourth-order valence-corrected chi connectivity index (χ4v) is 5.94. The molecule has 0 radical (unpaired) electrons. The predicted octanol–water partition coefficient (Wildman–Crippen LogP) is 4.37. The first-order chi connectivity index (χ1) is 16.1. The average molecular weight is 619 g/mol. The number of carbonyl (C=O) groups excluding carboxylic acids is 2. The maximum absolute atomic E-state index is 14.7. The predicted molar refractivity (Wildman–Crippen MR) is 139 cm³/mol. The molecule has 1 fully saturated rings. The molecule has 0 atom stereocenters. The minimum atomic E-state index is -4.48. The van der Waals surface area contributed by atoms with E-state index in [1.807, 2.05) is 22.6 Å². The fourth-order valence-electron chi connectivity index (χ4n) is 3.58. The highest BCUT2D eigenvalue weighted by molar-refractivity contribution is 14.1. The number of anilines is 3. The lowest BCUT2D eigenvalue weighted by Gasteiger charge is -2.31. The van der Waals surface area contributed by atoms with Gasteiger partial charge in [-0.3, -0.25) is 9.36 Å². The molecule has 0 aliphatic heterocycles. The van der Waals surface area contributed by atoms with Crippen molar-refractivity contribution in [2.75, 3.05) is 9.62 Å². The number of benzene rings is 1. The van der Waals surface area contributed by atoms with Gasteiger partial charge in [0.25, 0.3) is 15.6 Å². The lowest BCUT2D eigenvalue weighted by Crippen LogP contribution is -2.47. The molecular formula is C23H27FIN3O6S. The van der Waals surface area contributed by atoms with E-state index < -0.39 is 37.8 Å². The topological polar surface area (TPSA) is 115 Å². The van der Waals surface area contributed by atoms with Crippen molar-refractivity contribution in [3.63, 3.8) is 0 Å². The number of aryl methyl sites for hydroxylation is 1. The highest BCUT2D eigenvalue weighted by atomic mass is 127. The van der Waals surface area contributed by atoms with Crippen molar-refractivity contribution in [3.8, 4) is 0 Å². The Morgan fingerprint density at radius 3 is 2.46 bits per heavy atom. The number of amides is 1. The van der Waals surface area contributed by atoms with Crippen LogP contribution < -0.4 is 15.2 Å². The minimum Gasteiger partial charge on any atom is -0.443 e. The third-order valence-electron chi connectivity index (χ3n) is 5.59. The van der Waals surface area contributed by atoms with Crippen molar-refractivity contribution in [1.29, 1.82) is 0 Å². The van der Waals surface area contributed by atoms with E-state index in [0.29, 0.717) is 14.2 Å². The summed E-state index contributed by atoms with van der Waals surface area (Å²) in [5.41, 5.74) is -1.61. The van der Waals surface area contributed by atoms with Gasteiger partial charge in [0.2, 0.25) is 0 Å². The minimum absolute atomic E-state index is 0.0268. The number of aldehydes is 1. The van der Waals surface area contributed by atoms with Crippen LogP contribution in [0.5, 0.6) is 0 Å². The van der Waals surface area contributed by atoms with E-state index in [1.165, 1.54) is 32.2 Å². The first kappa shape index (κ1) is 27.1. The van der Waals surface area contributed by atoms with Gasteiger partial charge in [-0.15, -0.1) is 0 Å². The summed E-state index contributed by atoms with van der Waals surface area (Å²) >= 11 is 1.94. The SMILES string of the molecule is Cc1cc(N(C(=O)OC(C)(C)C)S(=O)(=O)C2(CC=O)CC2)c(Nc2ccc(I)cc2F)n(C)c1=O. The Kier molecular flexibility index (Phi) is 7.38. The Balaban J connectivity index is 2.29. The number of pyridine rings is 1. The van der Waals surface area contributed by atoms with Crippen molar-refractivity contribution >= 4 is 62.2 Å². The molecule has 1 aromatic heterocycles. The molecule has 1 aliphatic carbocycles. The third-order valence-corrected chi connectivity index (χ3v) is 8.75. The van der Waals surface area contributed by atoms with Crippen molar-refractivity contribution in [2.45, 2.75) is 57.3 Å². The molecule has 0 spiro atoms. The molecule has 1 aliphatic rings. The second-order valence-electron chi connectivity index (χ2n) is 9.48.